The van der Waals surface area contributed by atoms with Crippen LogP contribution in [-0.2, 0) is 0 Å². The first kappa shape index (κ1) is 11.0. The molecule has 1 rings (SSSR count). The van der Waals surface area contributed by atoms with E-state index in [0.29, 0.717) is 0 Å². The molecular weight excluding hydrogens is 160 g/mol. The Morgan fingerprint density at radius 1 is 1.46 bits per heavy atom. The predicted molar refractivity (Wildman–Crippen MR) is 57.6 cm³/mol. The zero-order chi connectivity index (χ0) is 10.1. The second-order valence-electron chi connectivity index (χ2n) is 5.54. The third kappa shape index (κ3) is 3.65. The van der Waals surface area contributed by atoms with Crippen molar-refractivity contribution in [2.75, 3.05) is 26.7 Å². The summed E-state index contributed by atoms with van der Waals surface area (Å²) in [7, 11) is 2.21. The summed E-state index contributed by atoms with van der Waals surface area (Å²) in [5, 5.41) is 0. The molecule has 78 valence electrons. The lowest BCUT2D eigenvalue weighted by atomic mass is 9.93. The first-order valence-corrected chi connectivity index (χ1v) is 5.33. The highest BCUT2D eigenvalue weighted by molar-refractivity contribution is 4.85. The molecule has 0 aromatic carbocycles. The Kier molecular flexibility index (Phi) is 3.36. The molecule has 1 aliphatic rings. The predicted octanol–water partition coefficient (Wildman–Crippen LogP) is 1.56. The molecule has 0 radical (unpaired) electrons. The molecule has 0 spiro atoms. The minimum Gasteiger partial charge on any atom is -0.330 e. The maximum absolute atomic E-state index is 5.70. The number of rotatable bonds is 5. The van der Waals surface area contributed by atoms with Crippen molar-refractivity contribution in [2.24, 2.45) is 23.0 Å². The van der Waals surface area contributed by atoms with Gasteiger partial charge in [0, 0.05) is 13.1 Å². The topological polar surface area (TPSA) is 29.3 Å². The Labute approximate surface area is 82.5 Å². The summed E-state index contributed by atoms with van der Waals surface area (Å²) in [6.45, 7) is 9.96. The lowest BCUT2D eigenvalue weighted by Gasteiger charge is -2.29. The minimum atomic E-state index is 0.271. The highest BCUT2D eigenvalue weighted by atomic mass is 15.1. The van der Waals surface area contributed by atoms with Crippen LogP contribution in [0.25, 0.3) is 0 Å². The minimum absolute atomic E-state index is 0.271. The Hall–Kier alpha value is -0.0800. The van der Waals surface area contributed by atoms with E-state index in [2.05, 4.69) is 32.7 Å². The molecule has 2 N–H and O–H groups in total. The van der Waals surface area contributed by atoms with E-state index in [4.69, 9.17) is 5.73 Å². The van der Waals surface area contributed by atoms with Crippen molar-refractivity contribution in [3.63, 3.8) is 0 Å². The van der Waals surface area contributed by atoms with Gasteiger partial charge in [-0.2, -0.15) is 0 Å². The molecule has 1 fully saturated rings. The van der Waals surface area contributed by atoms with Gasteiger partial charge in [0.15, 0.2) is 0 Å². The van der Waals surface area contributed by atoms with Crippen LogP contribution in [0, 0.1) is 17.3 Å². The molecule has 0 aromatic heterocycles. The van der Waals surface area contributed by atoms with Crippen molar-refractivity contribution < 1.29 is 0 Å². The quantitative estimate of drug-likeness (QED) is 0.702. The smallest absolute Gasteiger partial charge is 0.00418 e. The molecule has 0 saturated heterocycles. The Morgan fingerprint density at radius 2 is 2.00 bits per heavy atom. The van der Waals surface area contributed by atoms with E-state index in [0.717, 1.165) is 24.9 Å². The van der Waals surface area contributed by atoms with Crippen LogP contribution in [0.1, 0.15) is 27.2 Å². The van der Waals surface area contributed by atoms with E-state index in [1.807, 2.05) is 0 Å². The summed E-state index contributed by atoms with van der Waals surface area (Å²) in [5.41, 5.74) is 5.97. The van der Waals surface area contributed by atoms with Gasteiger partial charge in [0.2, 0.25) is 0 Å². The van der Waals surface area contributed by atoms with Crippen molar-refractivity contribution in [3.8, 4) is 0 Å². The van der Waals surface area contributed by atoms with Crippen LogP contribution < -0.4 is 5.73 Å². The Morgan fingerprint density at radius 3 is 2.38 bits per heavy atom. The van der Waals surface area contributed by atoms with E-state index >= 15 is 0 Å². The normalized spacial score (nSPS) is 28.2. The number of nitrogens with zero attached hydrogens (tertiary/aromatic N) is 1. The van der Waals surface area contributed by atoms with Crippen LogP contribution in [0.5, 0.6) is 0 Å². The summed E-state index contributed by atoms with van der Waals surface area (Å²) in [5.74, 6) is 1.92. The Balaban J connectivity index is 2.20. The summed E-state index contributed by atoms with van der Waals surface area (Å²) in [6, 6.07) is 0. The standard InChI is InChI=1S/C11H24N2/c1-9-5-10(9)6-13(4)8-11(2,3)7-12/h9-10H,5-8,12H2,1-4H3. The molecule has 0 amide bonds. The van der Waals surface area contributed by atoms with Crippen molar-refractivity contribution >= 4 is 0 Å². The number of nitrogens with two attached hydrogens (primary N) is 1. The largest absolute Gasteiger partial charge is 0.330 e. The van der Waals surface area contributed by atoms with Gasteiger partial charge in [-0.3, -0.25) is 0 Å². The van der Waals surface area contributed by atoms with Crippen LogP contribution in [0.4, 0.5) is 0 Å². The first-order chi connectivity index (χ1) is 5.94. The van der Waals surface area contributed by atoms with Gasteiger partial charge >= 0.3 is 0 Å². The monoisotopic (exact) mass is 184 g/mol. The molecule has 0 aliphatic heterocycles. The maximum Gasteiger partial charge on any atom is 0.00418 e. The molecule has 0 heterocycles. The van der Waals surface area contributed by atoms with Gasteiger partial charge in [-0.1, -0.05) is 20.8 Å². The fourth-order valence-electron chi connectivity index (χ4n) is 1.91. The zero-order valence-electron chi connectivity index (χ0n) is 9.51. The van der Waals surface area contributed by atoms with Crippen LogP contribution in [0.2, 0.25) is 0 Å². The molecule has 13 heavy (non-hydrogen) atoms. The van der Waals surface area contributed by atoms with Crippen molar-refractivity contribution in [1.29, 1.82) is 0 Å². The molecule has 0 bridgehead atoms. The van der Waals surface area contributed by atoms with Crippen LogP contribution >= 0.6 is 0 Å². The van der Waals surface area contributed by atoms with Gasteiger partial charge in [-0.05, 0) is 37.3 Å². The molecule has 2 nitrogen and oxygen atoms in total. The van der Waals surface area contributed by atoms with E-state index in [9.17, 15) is 0 Å². The molecule has 0 aromatic rings. The highest BCUT2D eigenvalue weighted by Gasteiger charge is 2.33. The third-order valence-electron chi connectivity index (χ3n) is 3.07. The number of hydrogen-bond donors (Lipinski definition) is 1. The molecule has 1 saturated carbocycles. The van der Waals surface area contributed by atoms with Gasteiger partial charge in [-0.25, -0.2) is 0 Å². The third-order valence-corrected chi connectivity index (χ3v) is 3.07. The summed E-state index contributed by atoms with van der Waals surface area (Å²) in [4.78, 5) is 2.43. The highest BCUT2D eigenvalue weighted by Crippen LogP contribution is 2.38. The lowest BCUT2D eigenvalue weighted by molar-refractivity contribution is 0.207. The molecular formula is C11H24N2. The van der Waals surface area contributed by atoms with Gasteiger partial charge in [0.05, 0.1) is 0 Å². The maximum atomic E-state index is 5.70. The van der Waals surface area contributed by atoms with E-state index in [-0.39, 0.29) is 5.41 Å². The molecule has 2 atom stereocenters. The van der Waals surface area contributed by atoms with E-state index < -0.39 is 0 Å². The molecule has 1 aliphatic carbocycles. The number of hydrogen-bond acceptors (Lipinski definition) is 2. The zero-order valence-corrected chi connectivity index (χ0v) is 9.51. The van der Waals surface area contributed by atoms with Crippen LogP contribution in [-0.4, -0.2) is 31.6 Å². The molecule has 2 heteroatoms. The lowest BCUT2D eigenvalue weighted by Crippen LogP contribution is -2.37. The van der Waals surface area contributed by atoms with Crippen molar-refractivity contribution in [1.82, 2.24) is 4.90 Å². The average Bonchev–Trinajstić information content (AvgIpc) is 2.65. The van der Waals surface area contributed by atoms with Gasteiger partial charge in [0.1, 0.15) is 0 Å². The summed E-state index contributed by atoms with van der Waals surface area (Å²) in [6.07, 6.45) is 1.42. The average molecular weight is 184 g/mol. The summed E-state index contributed by atoms with van der Waals surface area (Å²) < 4.78 is 0. The van der Waals surface area contributed by atoms with Crippen LogP contribution in [0.3, 0.4) is 0 Å². The second-order valence-corrected chi connectivity index (χ2v) is 5.54. The van der Waals surface area contributed by atoms with Crippen molar-refractivity contribution in [3.05, 3.63) is 0 Å². The Bertz CT molecular complexity index is 165. The van der Waals surface area contributed by atoms with E-state index in [1.54, 1.807) is 0 Å². The van der Waals surface area contributed by atoms with Gasteiger partial charge in [-0.15, -0.1) is 0 Å². The SMILES string of the molecule is CC1CC1CN(C)CC(C)(C)CN. The first-order valence-electron chi connectivity index (χ1n) is 5.33. The fraction of sp³-hybridized carbons (Fsp3) is 1.00. The second kappa shape index (κ2) is 3.97. The van der Waals surface area contributed by atoms with Gasteiger partial charge in [0.25, 0.3) is 0 Å². The van der Waals surface area contributed by atoms with Gasteiger partial charge < -0.3 is 10.6 Å². The molecule has 2 unspecified atom stereocenters. The summed E-state index contributed by atoms with van der Waals surface area (Å²) >= 11 is 0. The fourth-order valence-corrected chi connectivity index (χ4v) is 1.91. The van der Waals surface area contributed by atoms with E-state index in [1.165, 1.54) is 13.0 Å². The van der Waals surface area contributed by atoms with Crippen molar-refractivity contribution in [2.45, 2.75) is 27.2 Å². The van der Waals surface area contributed by atoms with Crippen LogP contribution in [0.15, 0.2) is 0 Å².